The Morgan fingerprint density at radius 3 is 2.47 bits per heavy atom. The molecule has 2 aliphatic carbocycles. The molecule has 84 valence electrons. The summed E-state index contributed by atoms with van der Waals surface area (Å²) < 4.78 is 5.31. The molecule has 0 aromatic carbocycles. The lowest BCUT2D eigenvalue weighted by Crippen LogP contribution is -2.29. The molecule has 2 rings (SSSR count). The Balaban J connectivity index is 1.96. The summed E-state index contributed by atoms with van der Waals surface area (Å²) in [6.45, 7) is 3.11. The summed E-state index contributed by atoms with van der Waals surface area (Å²) in [6.07, 6.45) is 4.07. The molecule has 0 amide bonds. The van der Waals surface area contributed by atoms with Crippen LogP contribution in [0.25, 0.3) is 0 Å². The predicted molar refractivity (Wildman–Crippen MR) is 55.2 cm³/mol. The minimum absolute atomic E-state index is 0.0885. The predicted octanol–water partition coefficient (Wildman–Crippen LogP) is 1.94. The number of carbonyl (C=O) groups excluding carboxylic acids is 2. The zero-order chi connectivity index (χ0) is 11.0. The minimum atomic E-state index is -0.186. The van der Waals surface area contributed by atoms with Crippen LogP contribution in [-0.4, -0.2) is 17.9 Å². The average molecular weight is 210 g/mol. The number of hydrogen-bond donors (Lipinski definition) is 0. The highest BCUT2D eigenvalue weighted by atomic mass is 16.5. The quantitative estimate of drug-likeness (QED) is 0.669. The summed E-state index contributed by atoms with van der Waals surface area (Å²) in [7, 11) is 0. The third kappa shape index (κ3) is 2.21. The molecule has 0 aliphatic heterocycles. The molecule has 2 bridgehead atoms. The standard InChI is InChI=1S/C12H18O3/c1-7(13)3-10-4-9-5-11(10)12(6-9)15-8(2)14/h9-12H,3-6H2,1-2H3/t9-,10+,11-,12+/m0/s1. The molecular formula is C12H18O3. The number of rotatable bonds is 3. The summed E-state index contributed by atoms with van der Waals surface area (Å²) in [5.41, 5.74) is 0. The van der Waals surface area contributed by atoms with Gasteiger partial charge in [-0.25, -0.2) is 0 Å². The third-order valence-electron chi connectivity index (χ3n) is 3.76. The minimum Gasteiger partial charge on any atom is -0.462 e. The van der Waals surface area contributed by atoms with Crippen molar-refractivity contribution >= 4 is 11.8 Å². The van der Waals surface area contributed by atoms with Gasteiger partial charge in [-0.05, 0) is 43.9 Å². The van der Waals surface area contributed by atoms with Gasteiger partial charge in [0, 0.05) is 13.3 Å². The fourth-order valence-electron chi connectivity index (χ4n) is 3.38. The average Bonchev–Trinajstić information content (AvgIpc) is 2.59. The van der Waals surface area contributed by atoms with Crippen molar-refractivity contribution in [2.24, 2.45) is 17.8 Å². The lowest BCUT2D eigenvalue weighted by Gasteiger charge is -2.28. The number of Topliss-reactive ketones (excluding diaryl/α,β-unsaturated/α-hetero) is 1. The molecular weight excluding hydrogens is 192 g/mol. The highest BCUT2D eigenvalue weighted by molar-refractivity contribution is 5.75. The fourth-order valence-corrected chi connectivity index (χ4v) is 3.38. The van der Waals surface area contributed by atoms with Crippen LogP contribution >= 0.6 is 0 Å². The van der Waals surface area contributed by atoms with Crippen molar-refractivity contribution in [3.8, 4) is 0 Å². The van der Waals surface area contributed by atoms with Gasteiger partial charge in [0.15, 0.2) is 0 Å². The number of esters is 1. The fraction of sp³-hybridized carbons (Fsp3) is 0.833. The monoisotopic (exact) mass is 210 g/mol. The molecule has 4 atom stereocenters. The Bertz CT molecular complexity index is 259. The molecule has 0 aromatic rings. The van der Waals surface area contributed by atoms with Gasteiger partial charge >= 0.3 is 5.97 Å². The second kappa shape index (κ2) is 3.95. The molecule has 2 aliphatic rings. The zero-order valence-electron chi connectivity index (χ0n) is 9.36. The summed E-state index contributed by atoms with van der Waals surface area (Å²) in [5, 5.41) is 0. The summed E-state index contributed by atoms with van der Waals surface area (Å²) in [4.78, 5) is 22.0. The molecule has 3 heteroatoms. The van der Waals surface area contributed by atoms with Crippen LogP contribution in [0.15, 0.2) is 0 Å². The van der Waals surface area contributed by atoms with Crippen molar-refractivity contribution in [2.45, 2.75) is 45.6 Å². The maximum atomic E-state index is 11.1. The van der Waals surface area contributed by atoms with Crippen LogP contribution in [0.4, 0.5) is 0 Å². The lowest BCUT2D eigenvalue weighted by atomic mass is 9.83. The van der Waals surface area contributed by atoms with Crippen molar-refractivity contribution in [3.63, 3.8) is 0 Å². The highest BCUT2D eigenvalue weighted by Gasteiger charge is 2.47. The van der Waals surface area contributed by atoms with Gasteiger partial charge < -0.3 is 9.53 Å². The molecule has 3 nitrogen and oxygen atoms in total. The number of fused-ring (bicyclic) bond motifs is 2. The van der Waals surface area contributed by atoms with E-state index in [1.165, 1.54) is 6.92 Å². The summed E-state index contributed by atoms with van der Waals surface area (Å²) in [6, 6.07) is 0. The topological polar surface area (TPSA) is 43.4 Å². The first-order chi connectivity index (χ1) is 7.06. The summed E-state index contributed by atoms with van der Waals surface area (Å²) >= 11 is 0. The number of ketones is 1. The molecule has 0 aromatic heterocycles. The van der Waals surface area contributed by atoms with Crippen molar-refractivity contribution in [1.29, 1.82) is 0 Å². The molecule has 0 saturated heterocycles. The maximum Gasteiger partial charge on any atom is 0.302 e. The van der Waals surface area contributed by atoms with Crippen molar-refractivity contribution in [3.05, 3.63) is 0 Å². The molecule has 15 heavy (non-hydrogen) atoms. The molecule has 0 heterocycles. The second-order valence-corrected chi connectivity index (χ2v) is 5.05. The van der Waals surface area contributed by atoms with E-state index in [-0.39, 0.29) is 17.9 Å². The van der Waals surface area contributed by atoms with Gasteiger partial charge in [-0.1, -0.05) is 0 Å². The Labute approximate surface area is 90.2 Å². The van der Waals surface area contributed by atoms with Crippen LogP contribution in [0.2, 0.25) is 0 Å². The number of hydrogen-bond acceptors (Lipinski definition) is 3. The van der Waals surface area contributed by atoms with Gasteiger partial charge in [-0.2, -0.15) is 0 Å². The van der Waals surface area contributed by atoms with Crippen LogP contribution in [-0.2, 0) is 14.3 Å². The van der Waals surface area contributed by atoms with E-state index >= 15 is 0 Å². The van der Waals surface area contributed by atoms with E-state index in [0.717, 1.165) is 19.3 Å². The highest BCUT2D eigenvalue weighted by Crippen LogP contribution is 2.50. The van der Waals surface area contributed by atoms with Crippen LogP contribution in [0.1, 0.15) is 39.5 Å². The van der Waals surface area contributed by atoms with Gasteiger partial charge in [-0.3, -0.25) is 4.79 Å². The first-order valence-corrected chi connectivity index (χ1v) is 5.73. The van der Waals surface area contributed by atoms with E-state index < -0.39 is 0 Å². The summed E-state index contributed by atoms with van der Waals surface area (Å²) in [5.74, 6) is 1.67. The second-order valence-electron chi connectivity index (χ2n) is 5.05. The third-order valence-corrected chi connectivity index (χ3v) is 3.76. The van der Waals surface area contributed by atoms with E-state index in [1.54, 1.807) is 6.92 Å². The first-order valence-electron chi connectivity index (χ1n) is 5.73. The first kappa shape index (κ1) is 10.7. The van der Waals surface area contributed by atoms with Crippen LogP contribution in [0.5, 0.6) is 0 Å². The van der Waals surface area contributed by atoms with Crippen molar-refractivity contribution in [2.75, 3.05) is 0 Å². The largest absolute Gasteiger partial charge is 0.462 e. The lowest BCUT2D eigenvalue weighted by molar-refractivity contribution is -0.149. The normalized spacial score (nSPS) is 38.0. The molecule has 2 saturated carbocycles. The molecule has 0 N–H and O–H groups in total. The van der Waals surface area contributed by atoms with E-state index in [0.29, 0.717) is 24.2 Å². The van der Waals surface area contributed by atoms with Gasteiger partial charge in [-0.15, -0.1) is 0 Å². The Morgan fingerprint density at radius 2 is 1.93 bits per heavy atom. The number of carbonyl (C=O) groups is 2. The van der Waals surface area contributed by atoms with Crippen molar-refractivity contribution < 1.29 is 14.3 Å². The SMILES string of the molecule is CC(=O)C[C@@H]1C[C@H]2C[C@@H]1[C@H](OC(C)=O)C2. The van der Waals surface area contributed by atoms with E-state index in [4.69, 9.17) is 4.74 Å². The molecule has 0 spiro atoms. The van der Waals surface area contributed by atoms with Crippen LogP contribution < -0.4 is 0 Å². The van der Waals surface area contributed by atoms with Crippen molar-refractivity contribution in [1.82, 2.24) is 0 Å². The number of ether oxygens (including phenoxy) is 1. The molecule has 0 unspecified atom stereocenters. The molecule has 2 fully saturated rings. The smallest absolute Gasteiger partial charge is 0.302 e. The van der Waals surface area contributed by atoms with E-state index in [1.807, 2.05) is 0 Å². The van der Waals surface area contributed by atoms with Gasteiger partial charge in [0.05, 0.1) is 0 Å². The Morgan fingerprint density at radius 1 is 1.20 bits per heavy atom. The Kier molecular flexibility index (Phi) is 2.81. The van der Waals surface area contributed by atoms with Gasteiger partial charge in [0.25, 0.3) is 0 Å². The van der Waals surface area contributed by atoms with Gasteiger partial charge in [0.1, 0.15) is 11.9 Å². The Hall–Kier alpha value is -0.860. The molecule has 0 radical (unpaired) electrons. The maximum absolute atomic E-state index is 11.1. The van der Waals surface area contributed by atoms with E-state index in [2.05, 4.69) is 0 Å². The van der Waals surface area contributed by atoms with E-state index in [9.17, 15) is 9.59 Å². The zero-order valence-corrected chi connectivity index (χ0v) is 9.36. The van der Waals surface area contributed by atoms with Crippen LogP contribution in [0, 0.1) is 17.8 Å². The van der Waals surface area contributed by atoms with Gasteiger partial charge in [0.2, 0.25) is 0 Å². The van der Waals surface area contributed by atoms with Crippen LogP contribution in [0.3, 0.4) is 0 Å².